The summed E-state index contributed by atoms with van der Waals surface area (Å²) in [6.45, 7) is 2.42. The predicted octanol–water partition coefficient (Wildman–Crippen LogP) is 2.70. The molecule has 0 unspecified atom stereocenters. The van der Waals surface area contributed by atoms with Gasteiger partial charge in [-0.05, 0) is 28.3 Å². The highest BCUT2D eigenvalue weighted by Crippen LogP contribution is 2.30. The highest BCUT2D eigenvalue weighted by molar-refractivity contribution is 5.80. The van der Waals surface area contributed by atoms with Crippen molar-refractivity contribution in [3.63, 3.8) is 0 Å². The minimum absolute atomic E-state index is 0.0714. The first-order chi connectivity index (χ1) is 19.4. The standard InChI is InChI=1S/C28H30N8O4/c1-4-5-10-22-29-26-24(27(38)35(28(39)34(26)2)16-15-23(37)40-3)36(22)17-18-11-13-19(14-12-18)20-8-6-7-9-21(20)25-30-32-33-31-25/h6-9,11-14H,4-5,10,15-17H2,1-3H3,(H,30,31,32,33). The van der Waals surface area contributed by atoms with Gasteiger partial charge in [-0.3, -0.25) is 18.7 Å². The van der Waals surface area contributed by atoms with E-state index in [2.05, 4.69) is 27.5 Å². The number of aryl methyl sites for hydroxylation is 2. The quantitative estimate of drug-likeness (QED) is 0.266. The summed E-state index contributed by atoms with van der Waals surface area (Å²) in [4.78, 5) is 43.1. The van der Waals surface area contributed by atoms with Gasteiger partial charge in [-0.15, -0.1) is 10.2 Å². The molecule has 0 saturated carbocycles. The molecule has 2 aromatic carbocycles. The molecule has 0 spiro atoms. The van der Waals surface area contributed by atoms with Crippen LogP contribution >= 0.6 is 0 Å². The smallest absolute Gasteiger partial charge is 0.332 e. The SMILES string of the molecule is CCCCc1nc2c(c(=O)n(CCC(=O)OC)c(=O)n2C)n1Cc1ccc(-c2ccccc2-c2nn[nH]n2)cc1. The number of imidazole rings is 1. The van der Waals surface area contributed by atoms with Gasteiger partial charge in [-0.1, -0.05) is 61.9 Å². The number of carbonyl (C=O) groups is 1. The zero-order chi connectivity index (χ0) is 28.2. The second-order valence-corrected chi connectivity index (χ2v) is 9.49. The van der Waals surface area contributed by atoms with Gasteiger partial charge < -0.3 is 9.30 Å². The van der Waals surface area contributed by atoms with Crippen molar-refractivity contribution in [2.75, 3.05) is 7.11 Å². The monoisotopic (exact) mass is 542 g/mol. The van der Waals surface area contributed by atoms with E-state index in [4.69, 9.17) is 9.72 Å². The van der Waals surface area contributed by atoms with E-state index in [0.29, 0.717) is 30.0 Å². The number of H-pyrrole nitrogens is 1. The summed E-state index contributed by atoms with van der Waals surface area (Å²) in [7, 11) is 2.87. The molecule has 0 fully saturated rings. The summed E-state index contributed by atoms with van der Waals surface area (Å²) in [6, 6.07) is 15.9. The van der Waals surface area contributed by atoms with Crippen LogP contribution in [0.3, 0.4) is 0 Å². The number of aromatic nitrogens is 8. The number of tetrazole rings is 1. The fourth-order valence-electron chi connectivity index (χ4n) is 4.79. The average molecular weight is 543 g/mol. The predicted molar refractivity (Wildman–Crippen MR) is 149 cm³/mol. The molecule has 206 valence electrons. The lowest BCUT2D eigenvalue weighted by Crippen LogP contribution is -2.40. The number of hydrogen-bond donors (Lipinski definition) is 1. The molecule has 3 heterocycles. The van der Waals surface area contributed by atoms with E-state index < -0.39 is 17.2 Å². The Balaban J connectivity index is 1.55. The van der Waals surface area contributed by atoms with Gasteiger partial charge in [0.25, 0.3) is 5.56 Å². The molecule has 0 aliphatic rings. The zero-order valence-corrected chi connectivity index (χ0v) is 22.6. The van der Waals surface area contributed by atoms with Crippen molar-refractivity contribution in [1.29, 1.82) is 0 Å². The van der Waals surface area contributed by atoms with Crippen LogP contribution in [0.4, 0.5) is 0 Å². The van der Waals surface area contributed by atoms with Gasteiger partial charge in [0.2, 0.25) is 5.82 Å². The first-order valence-electron chi connectivity index (χ1n) is 13.1. The molecule has 40 heavy (non-hydrogen) atoms. The second kappa shape index (κ2) is 11.5. The van der Waals surface area contributed by atoms with Crippen LogP contribution in [0, 0.1) is 0 Å². The van der Waals surface area contributed by atoms with Crippen molar-refractivity contribution in [2.24, 2.45) is 7.05 Å². The number of methoxy groups -OCH3 is 1. The van der Waals surface area contributed by atoms with Crippen molar-refractivity contribution >= 4 is 17.1 Å². The number of ether oxygens (including phenoxy) is 1. The first-order valence-corrected chi connectivity index (χ1v) is 13.1. The summed E-state index contributed by atoms with van der Waals surface area (Å²) >= 11 is 0. The van der Waals surface area contributed by atoms with Crippen LogP contribution in [0.5, 0.6) is 0 Å². The molecule has 12 nitrogen and oxygen atoms in total. The molecule has 5 rings (SSSR count). The fourth-order valence-corrected chi connectivity index (χ4v) is 4.79. The molecule has 1 N–H and O–H groups in total. The third-order valence-electron chi connectivity index (χ3n) is 6.95. The Morgan fingerprint density at radius 3 is 2.45 bits per heavy atom. The van der Waals surface area contributed by atoms with E-state index in [9.17, 15) is 14.4 Å². The minimum atomic E-state index is -0.516. The Morgan fingerprint density at radius 1 is 1.02 bits per heavy atom. The topological polar surface area (TPSA) is 143 Å². The molecule has 0 bridgehead atoms. The third kappa shape index (κ3) is 5.07. The number of unbranched alkanes of at least 4 members (excludes halogenated alkanes) is 1. The lowest BCUT2D eigenvalue weighted by atomic mass is 9.98. The summed E-state index contributed by atoms with van der Waals surface area (Å²) in [6.07, 6.45) is 2.43. The van der Waals surface area contributed by atoms with Crippen molar-refractivity contribution in [1.82, 2.24) is 39.3 Å². The van der Waals surface area contributed by atoms with E-state index in [1.807, 2.05) is 53.1 Å². The molecule has 5 aromatic rings. The Hall–Kier alpha value is -4.87. The van der Waals surface area contributed by atoms with Crippen LogP contribution in [-0.4, -0.2) is 52.4 Å². The number of esters is 1. The second-order valence-electron chi connectivity index (χ2n) is 9.49. The van der Waals surface area contributed by atoms with Crippen LogP contribution in [0.25, 0.3) is 33.7 Å². The number of nitrogens with one attached hydrogen (secondary N) is 1. The molecule has 3 aromatic heterocycles. The van der Waals surface area contributed by atoms with Crippen LogP contribution in [0.1, 0.15) is 37.6 Å². The van der Waals surface area contributed by atoms with Crippen molar-refractivity contribution < 1.29 is 9.53 Å². The fraction of sp³-hybridized carbons (Fsp3) is 0.321. The van der Waals surface area contributed by atoms with Gasteiger partial charge in [0.1, 0.15) is 5.82 Å². The Kier molecular flexibility index (Phi) is 7.67. The molecule has 0 amide bonds. The number of rotatable bonds is 10. The number of fused-ring (bicyclic) bond motifs is 1. The van der Waals surface area contributed by atoms with E-state index in [1.54, 1.807) is 7.05 Å². The van der Waals surface area contributed by atoms with Crippen molar-refractivity contribution in [2.45, 2.75) is 45.7 Å². The van der Waals surface area contributed by atoms with Crippen LogP contribution in [0.2, 0.25) is 0 Å². The lowest BCUT2D eigenvalue weighted by Gasteiger charge is -2.12. The number of carbonyl (C=O) groups excluding carboxylic acids is 1. The van der Waals surface area contributed by atoms with Crippen LogP contribution < -0.4 is 11.2 Å². The zero-order valence-electron chi connectivity index (χ0n) is 22.6. The van der Waals surface area contributed by atoms with Crippen LogP contribution in [-0.2, 0) is 36.1 Å². The van der Waals surface area contributed by atoms with Gasteiger partial charge in [0.05, 0.1) is 13.5 Å². The maximum Gasteiger partial charge on any atom is 0.332 e. The van der Waals surface area contributed by atoms with Crippen LogP contribution in [0.15, 0.2) is 58.1 Å². The Labute approximate surface area is 229 Å². The van der Waals surface area contributed by atoms with Crippen molar-refractivity contribution in [3.05, 3.63) is 80.8 Å². The summed E-state index contributed by atoms with van der Waals surface area (Å²) in [5.74, 6) is 0.757. The van der Waals surface area contributed by atoms with Gasteiger partial charge in [0.15, 0.2) is 11.2 Å². The minimum Gasteiger partial charge on any atom is -0.469 e. The maximum absolute atomic E-state index is 13.6. The molecule has 0 saturated heterocycles. The number of benzene rings is 2. The molecule has 0 aliphatic carbocycles. The highest BCUT2D eigenvalue weighted by Gasteiger charge is 2.21. The van der Waals surface area contributed by atoms with Gasteiger partial charge in [-0.25, -0.2) is 9.78 Å². The van der Waals surface area contributed by atoms with Crippen molar-refractivity contribution in [3.8, 4) is 22.5 Å². The maximum atomic E-state index is 13.6. The molecule has 0 radical (unpaired) electrons. The van der Waals surface area contributed by atoms with Gasteiger partial charge in [-0.2, -0.15) is 5.21 Å². The van der Waals surface area contributed by atoms with E-state index in [0.717, 1.165) is 45.5 Å². The first kappa shape index (κ1) is 26.7. The largest absolute Gasteiger partial charge is 0.469 e. The third-order valence-corrected chi connectivity index (χ3v) is 6.95. The number of nitrogens with zero attached hydrogens (tertiary/aromatic N) is 7. The van der Waals surface area contributed by atoms with E-state index in [1.165, 1.54) is 11.7 Å². The number of aromatic amines is 1. The summed E-state index contributed by atoms with van der Waals surface area (Å²) in [5.41, 5.74) is 3.47. The Bertz CT molecular complexity index is 1770. The molecular weight excluding hydrogens is 512 g/mol. The summed E-state index contributed by atoms with van der Waals surface area (Å²) < 4.78 is 9.05. The molecule has 0 aliphatic heterocycles. The van der Waals surface area contributed by atoms with Gasteiger partial charge >= 0.3 is 11.7 Å². The van der Waals surface area contributed by atoms with Gasteiger partial charge in [0, 0.05) is 32.1 Å². The molecule has 0 atom stereocenters. The van der Waals surface area contributed by atoms with E-state index >= 15 is 0 Å². The normalized spacial score (nSPS) is 11.3. The lowest BCUT2D eigenvalue weighted by molar-refractivity contribution is -0.140. The number of hydrogen-bond acceptors (Lipinski definition) is 8. The molecule has 12 heteroatoms. The average Bonchev–Trinajstić information content (AvgIpc) is 3.64. The van der Waals surface area contributed by atoms with E-state index in [-0.39, 0.29) is 13.0 Å². The summed E-state index contributed by atoms with van der Waals surface area (Å²) in [5, 5.41) is 14.4. The Morgan fingerprint density at radius 2 is 1.77 bits per heavy atom. The highest BCUT2D eigenvalue weighted by atomic mass is 16.5. The molecular formula is C28H30N8O4.